The van der Waals surface area contributed by atoms with Gasteiger partial charge in [-0.1, -0.05) is 9.97 Å². The molecule has 12 atom stereocenters. The minimum atomic E-state index is -5.57. The van der Waals surface area contributed by atoms with E-state index in [2.05, 4.69) is 28.6 Å². The lowest BCUT2D eigenvalue weighted by Gasteiger charge is -2.24. The van der Waals surface area contributed by atoms with Crippen molar-refractivity contribution in [3.05, 3.63) is 33.4 Å². The topological polar surface area (TPSA) is 406 Å². The van der Waals surface area contributed by atoms with E-state index in [4.69, 9.17) is 45.1 Å². The highest BCUT2D eigenvalue weighted by molar-refractivity contribution is 7.88. The molecule has 57 heavy (non-hydrogen) atoms. The van der Waals surface area contributed by atoms with Gasteiger partial charge in [0.15, 0.2) is 18.6 Å². The van der Waals surface area contributed by atoms with Crippen LogP contribution in [0, 0.1) is 0 Å². The van der Waals surface area contributed by atoms with Crippen molar-refractivity contribution in [3.63, 3.8) is 0 Å². The molecule has 4 aromatic rings. The van der Waals surface area contributed by atoms with E-state index in [0.717, 1.165) is 0 Å². The number of aryl methyl sites for hydroxylation is 2. The first-order chi connectivity index (χ1) is 26.3. The fraction of sp³-hybridized carbons (Fsp3) is 0.565. The van der Waals surface area contributed by atoms with Crippen LogP contribution in [0.3, 0.4) is 0 Å². The molecule has 4 aromatic heterocycles. The predicted molar refractivity (Wildman–Crippen MR) is 189 cm³/mol. The van der Waals surface area contributed by atoms with E-state index < -0.39 is 109 Å². The van der Waals surface area contributed by atoms with Gasteiger partial charge in [0, 0.05) is 0 Å². The van der Waals surface area contributed by atoms with Gasteiger partial charge in [0.1, 0.15) is 36.6 Å². The van der Waals surface area contributed by atoms with Crippen molar-refractivity contribution in [2.45, 2.75) is 49.1 Å². The number of nitrogens with one attached hydrogen (secondary N) is 2. The number of nitrogens with zero attached hydrogens (tertiary/aromatic N) is 6. The molecule has 34 heteroatoms. The van der Waals surface area contributed by atoms with Crippen LogP contribution < -0.4 is 31.7 Å². The second kappa shape index (κ2) is 15.5. The minimum Gasteiger partial charge on any atom is -0.387 e. The number of nitrogen functional groups attached to an aromatic ring is 2. The first-order valence-electron chi connectivity index (χ1n) is 16.0. The molecule has 0 bridgehead atoms. The number of hydrogen-bond donors (Lipinski definition) is 10. The number of imidazole rings is 2. The predicted octanol–water partition coefficient (Wildman–Crippen LogP) is -4.54. The Bertz CT molecular complexity index is 2370. The molecule has 0 aromatic carbocycles. The second-order valence-electron chi connectivity index (χ2n) is 12.9. The largest absolute Gasteiger partial charge is 0.387 e. The van der Waals surface area contributed by atoms with Crippen LogP contribution in [0.5, 0.6) is 0 Å². The van der Waals surface area contributed by atoms with Gasteiger partial charge in [-0.25, -0.2) is 17.8 Å². The molecular formula is C23H34B2N10O18P4+2. The molecule has 6 heterocycles. The van der Waals surface area contributed by atoms with E-state index in [0.29, 0.717) is 0 Å². The maximum Gasteiger partial charge on any atom is 0.346 e. The van der Waals surface area contributed by atoms with Crippen LogP contribution in [0.25, 0.3) is 22.3 Å². The van der Waals surface area contributed by atoms with Gasteiger partial charge in [-0.3, -0.25) is 47.0 Å². The van der Waals surface area contributed by atoms with Gasteiger partial charge in [-0.05, 0) is 0 Å². The zero-order valence-corrected chi connectivity index (χ0v) is 32.8. The number of rotatable bonds is 14. The molecule has 2 saturated heterocycles. The summed E-state index contributed by atoms with van der Waals surface area (Å²) in [6.45, 7) is -1.93. The Labute approximate surface area is 320 Å². The van der Waals surface area contributed by atoms with Crippen molar-refractivity contribution < 1.29 is 84.7 Å². The fourth-order valence-electron chi connectivity index (χ4n) is 6.14. The van der Waals surface area contributed by atoms with Gasteiger partial charge in [0.05, 0.1) is 27.3 Å². The van der Waals surface area contributed by atoms with Gasteiger partial charge in [-0.2, -0.15) is 0 Å². The van der Waals surface area contributed by atoms with Gasteiger partial charge >= 0.3 is 26.5 Å². The molecule has 4 radical (unpaired) electrons. The number of nitrogens with two attached hydrogens (primary N) is 2. The lowest BCUT2D eigenvalue weighted by Crippen LogP contribution is -2.46. The minimum absolute atomic E-state index is 0.0205. The van der Waals surface area contributed by atoms with Crippen LogP contribution in [0.1, 0.15) is 12.5 Å². The maximum atomic E-state index is 12.8. The number of hydrogen-bond acceptors (Lipinski definition) is 20. The summed E-state index contributed by atoms with van der Waals surface area (Å²) in [6.07, 6.45) is -10.3. The maximum absolute atomic E-state index is 12.8. The Balaban J connectivity index is 1.04. The van der Waals surface area contributed by atoms with E-state index in [1.165, 1.54) is 45.0 Å². The van der Waals surface area contributed by atoms with Crippen LogP contribution in [-0.2, 0) is 59.5 Å². The van der Waals surface area contributed by atoms with E-state index in [1.54, 1.807) is 0 Å². The zero-order valence-electron chi connectivity index (χ0n) is 29.3. The van der Waals surface area contributed by atoms with Crippen molar-refractivity contribution in [1.29, 1.82) is 0 Å². The lowest BCUT2D eigenvalue weighted by molar-refractivity contribution is -0.746. The number of aromatic nitrogens is 8. The number of fused-ring (bicyclic) bond motifs is 2. The highest BCUT2D eigenvalue weighted by Gasteiger charge is 2.50. The Morgan fingerprint density at radius 3 is 1.44 bits per heavy atom. The molecule has 0 aliphatic carbocycles. The number of aliphatic hydroxyl groups is 4. The van der Waals surface area contributed by atoms with Crippen LogP contribution in [0.15, 0.2) is 22.2 Å². The van der Waals surface area contributed by atoms with E-state index in [1.807, 2.05) is 0 Å². The summed E-state index contributed by atoms with van der Waals surface area (Å²) in [5.41, 5.74) is 9.94. The van der Waals surface area contributed by atoms with Crippen molar-refractivity contribution in [1.82, 2.24) is 29.1 Å². The third-order valence-electron chi connectivity index (χ3n) is 8.48. The SMILES string of the molecule is [B][P@@](=O)(OC[C@H]1O[C@@H]([n+]2cn(C)c3c(=O)[nH]c(N)nc32)[C@H](O)[C@@H]1O)OP(=O)(O)CP(=O)(O)O[P@]([B])(=O)OC[C@H]1O[C@@H]([n+]2cn(C)c3c(=O)[nH]c(N)nc32)[C@H](O)[C@@H]1O. The smallest absolute Gasteiger partial charge is 0.346 e. The third-order valence-corrected chi connectivity index (χ3v) is 16.2. The average molecular weight is 884 g/mol. The molecule has 2 unspecified atom stereocenters. The summed E-state index contributed by atoms with van der Waals surface area (Å²) < 4.78 is 85.9. The molecule has 2 fully saturated rings. The van der Waals surface area contributed by atoms with E-state index >= 15 is 0 Å². The molecule has 12 N–H and O–H groups in total. The summed E-state index contributed by atoms with van der Waals surface area (Å²) >= 11 is 0. The Hall–Kier alpha value is -3.13. The number of aromatic amines is 2. The average Bonchev–Trinajstić information content (AvgIpc) is 3.74. The molecule has 0 amide bonds. The summed E-state index contributed by atoms with van der Waals surface area (Å²) in [5.74, 6) is -2.47. The molecule has 0 spiro atoms. The third kappa shape index (κ3) is 9.06. The molecule has 2 aliphatic rings. The Morgan fingerprint density at radius 1 is 0.737 bits per heavy atom. The van der Waals surface area contributed by atoms with Crippen molar-refractivity contribution in [2.24, 2.45) is 14.1 Å². The summed E-state index contributed by atoms with van der Waals surface area (Å²) in [4.78, 5) is 57.8. The number of ether oxygens (including phenoxy) is 2. The first-order valence-corrected chi connectivity index (χ1v) is 22.7. The van der Waals surface area contributed by atoms with E-state index in [9.17, 15) is 58.1 Å². The van der Waals surface area contributed by atoms with Crippen molar-refractivity contribution >= 4 is 79.5 Å². The van der Waals surface area contributed by atoms with Crippen LogP contribution in [0.2, 0.25) is 0 Å². The molecule has 0 saturated carbocycles. The monoisotopic (exact) mass is 884 g/mol. The standard InChI is InChI=1S/C23H32B2N10O18P4/c1-32-5-34(16-10(32)18(40)30-22(26)28-16)20-14(38)12(36)8(50-20)3-48-56(24,46)52-54(42,43)7-55(44,45)53-57(25,47)49-4-9-13(37)15(39)21(51-9)35-6-33(2)11-17(35)29-23(27)31-19(11)41/h5-6,8-9,12-15,20-21,36-39H,3-4,7H2,1-2H3,(H6-2,26,27,28,29,30,31,40,41,42,43,44,45)/p+2/t8-,9-,12-,13-,14-,15-,20-,21-,56-,57-/m1/s1. The lowest BCUT2D eigenvalue weighted by atomic mass is 10.1. The molecule has 28 nitrogen and oxygen atoms in total. The Morgan fingerprint density at radius 2 is 1.09 bits per heavy atom. The van der Waals surface area contributed by atoms with Crippen molar-refractivity contribution in [3.8, 4) is 0 Å². The summed E-state index contributed by atoms with van der Waals surface area (Å²) in [6, 6.07) is 0. The van der Waals surface area contributed by atoms with Crippen LogP contribution in [-0.4, -0.2) is 130 Å². The zero-order chi connectivity index (χ0) is 42.2. The second-order valence-corrected chi connectivity index (χ2v) is 20.5. The number of aliphatic hydroxyl groups excluding tert-OH is 4. The molecule has 2 aliphatic heterocycles. The van der Waals surface area contributed by atoms with Gasteiger partial charge < -0.3 is 60.2 Å². The summed E-state index contributed by atoms with van der Waals surface area (Å²) in [5, 5.41) is 42.5. The highest BCUT2D eigenvalue weighted by atomic mass is 31.3. The van der Waals surface area contributed by atoms with Gasteiger partial charge in [0.2, 0.25) is 38.6 Å². The van der Waals surface area contributed by atoms with Gasteiger partial charge in [-0.15, -0.1) is 0 Å². The summed E-state index contributed by atoms with van der Waals surface area (Å²) in [7, 11) is -7.71. The molecule has 6 rings (SSSR count). The van der Waals surface area contributed by atoms with E-state index in [-0.39, 0.29) is 34.2 Å². The molecular weight excluding hydrogens is 850 g/mol. The number of H-pyrrole nitrogens is 2. The van der Waals surface area contributed by atoms with Crippen LogP contribution >= 0.6 is 30.1 Å². The van der Waals surface area contributed by atoms with Gasteiger partial charge in [0.25, 0.3) is 38.0 Å². The fourth-order valence-corrected chi connectivity index (χ4v) is 13.2. The highest BCUT2D eigenvalue weighted by Crippen LogP contribution is 2.70. The quantitative estimate of drug-likeness (QED) is 0.0324. The molecule has 308 valence electrons. The van der Waals surface area contributed by atoms with Crippen molar-refractivity contribution in [2.75, 3.05) is 30.6 Å². The first kappa shape index (κ1) is 43.4. The number of anilines is 2. The normalized spacial score (nSPS) is 29.6. The van der Waals surface area contributed by atoms with Crippen LogP contribution in [0.4, 0.5) is 11.9 Å². The Kier molecular flexibility index (Phi) is 11.8.